The molecule has 0 radical (unpaired) electrons. The van der Waals surface area contributed by atoms with Gasteiger partial charge in [0.25, 0.3) is 0 Å². The minimum atomic E-state index is 0.335. The molecule has 2 heterocycles. The summed E-state index contributed by atoms with van der Waals surface area (Å²) in [5.41, 5.74) is 2.49. The van der Waals surface area contributed by atoms with Gasteiger partial charge in [-0.1, -0.05) is 0 Å². The molecule has 0 aromatic carbocycles. The summed E-state index contributed by atoms with van der Waals surface area (Å²) in [5.74, 6) is 7.00. The smallest absolute Gasteiger partial charge is 0.243 e. The molecule has 1 aliphatic rings. The second-order valence-corrected chi connectivity index (χ2v) is 4.63. The Morgan fingerprint density at radius 2 is 1.80 bits per heavy atom. The molecule has 0 atom stereocenters. The Morgan fingerprint density at radius 3 is 2.40 bits per heavy atom. The maximum atomic E-state index is 5.43. The van der Waals surface area contributed by atoms with E-state index >= 15 is 0 Å². The van der Waals surface area contributed by atoms with Gasteiger partial charge in [0.2, 0.25) is 17.8 Å². The number of nitrogen functional groups attached to an aromatic ring is 1. The van der Waals surface area contributed by atoms with Gasteiger partial charge in [-0.2, -0.15) is 15.0 Å². The largest absolute Gasteiger partial charge is 0.381 e. The van der Waals surface area contributed by atoms with Crippen molar-refractivity contribution >= 4 is 17.8 Å². The van der Waals surface area contributed by atoms with E-state index in [1.54, 1.807) is 0 Å². The van der Waals surface area contributed by atoms with Crippen LogP contribution in [0.25, 0.3) is 0 Å². The first kappa shape index (κ1) is 14.7. The fourth-order valence-electron chi connectivity index (χ4n) is 2.17. The number of rotatable bonds is 6. The monoisotopic (exact) mass is 281 g/mol. The Morgan fingerprint density at radius 1 is 1.15 bits per heavy atom. The number of ether oxygens (including phenoxy) is 1. The van der Waals surface area contributed by atoms with Crippen molar-refractivity contribution in [3.05, 3.63) is 0 Å². The molecule has 1 aromatic rings. The molecule has 4 N–H and O–H groups in total. The lowest BCUT2D eigenvalue weighted by atomic mass is 10.1. The van der Waals surface area contributed by atoms with E-state index in [0.717, 1.165) is 39.1 Å². The zero-order valence-electron chi connectivity index (χ0n) is 12.1. The molecule has 0 amide bonds. The molecule has 8 nitrogen and oxygen atoms in total. The van der Waals surface area contributed by atoms with Gasteiger partial charge in [-0.25, -0.2) is 5.84 Å². The summed E-state index contributed by atoms with van der Waals surface area (Å²) >= 11 is 0. The molecule has 0 bridgehead atoms. The maximum absolute atomic E-state index is 5.43. The predicted molar refractivity (Wildman–Crippen MR) is 78.7 cm³/mol. The van der Waals surface area contributed by atoms with E-state index < -0.39 is 0 Å². The van der Waals surface area contributed by atoms with Crippen LogP contribution in [0.15, 0.2) is 0 Å². The number of anilines is 3. The summed E-state index contributed by atoms with van der Waals surface area (Å²) in [6.07, 6.45) is 1.91. The molecule has 1 aliphatic heterocycles. The van der Waals surface area contributed by atoms with E-state index in [0.29, 0.717) is 23.9 Å². The van der Waals surface area contributed by atoms with Gasteiger partial charge < -0.3 is 15.0 Å². The fourth-order valence-corrected chi connectivity index (χ4v) is 2.17. The van der Waals surface area contributed by atoms with Crippen molar-refractivity contribution in [3.63, 3.8) is 0 Å². The molecule has 20 heavy (non-hydrogen) atoms. The standard InChI is InChI=1S/C12H23N7O/c1-3-19(4-2)12-16-10(15-11(17-12)18-13)14-9-5-7-20-8-6-9/h9H,3-8,13H2,1-2H3,(H2,14,15,16,17,18). The topological polar surface area (TPSA) is 101 Å². The molecular formula is C12H23N7O. The van der Waals surface area contributed by atoms with Crippen LogP contribution in [0, 0.1) is 0 Å². The van der Waals surface area contributed by atoms with Crippen molar-refractivity contribution in [3.8, 4) is 0 Å². The van der Waals surface area contributed by atoms with E-state index in [-0.39, 0.29) is 0 Å². The zero-order chi connectivity index (χ0) is 14.4. The molecule has 0 spiro atoms. The average molecular weight is 281 g/mol. The second-order valence-electron chi connectivity index (χ2n) is 4.63. The van der Waals surface area contributed by atoms with Gasteiger partial charge in [0.05, 0.1) is 0 Å². The van der Waals surface area contributed by atoms with Crippen molar-refractivity contribution in [1.82, 2.24) is 15.0 Å². The van der Waals surface area contributed by atoms with Crippen LogP contribution < -0.4 is 21.5 Å². The molecular weight excluding hydrogens is 258 g/mol. The van der Waals surface area contributed by atoms with Crippen molar-refractivity contribution in [2.45, 2.75) is 32.7 Å². The normalized spacial score (nSPS) is 15.9. The fraction of sp³-hybridized carbons (Fsp3) is 0.750. The first-order valence-electron chi connectivity index (χ1n) is 7.08. The lowest BCUT2D eigenvalue weighted by Crippen LogP contribution is -2.30. The maximum Gasteiger partial charge on any atom is 0.243 e. The second kappa shape index (κ2) is 7.20. The first-order chi connectivity index (χ1) is 9.76. The van der Waals surface area contributed by atoms with Gasteiger partial charge in [0.1, 0.15) is 0 Å². The molecule has 1 fully saturated rings. The van der Waals surface area contributed by atoms with Gasteiger partial charge in [0, 0.05) is 32.3 Å². The Hall–Kier alpha value is -1.67. The van der Waals surface area contributed by atoms with Crippen LogP contribution in [0.4, 0.5) is 17.8 Å². The molecule has 0 unspecified atom stereocenters. The highest BCUT2D eigenvalue weighted by atomic mass is 16.5. The summed E-state index contributed by atoms with van der Waals surface area (Å²) in [5, 5.41) is 3.33. The Kier molecular flexibility index (Phi) is 5.31. The third-order valence-corrected chi connectivity index (χ3v) is 3.35. The lowest BCUT2D eigenvalue weighted by molar-refractivity contribution is 0.0903. The van der Waals surface area contributed by atoms with E-state index in [1.165, 1.54) is 0 Å². The van der Waals surface area contributed by atoms with Gasteiger partial charge >= 0.3 is 0 Å². The van der Waals surface area contributed by atoms with Crippen LogP contribution in [0.2, 0.25) is 0 Å². The molecule has 8 heteroatoms. The summed E-state index contributed by atoms with van der Waals surface area (Å²) in [4.78, 5) is 15.1. The minimum Gasteiger partial charge on any atom is -0.381 e. The number of hydrogen-bond acceptors (Lipinski definition) is 8. The Labute approximate surface area is 119 Å². The Bertz CT molecular complexity index is 418. The molecule has 2 rings (SSSR count). The van der Waals surface area contributed by atoms with Crippen LogP contribution in [-0.2, 0) is 4.74 Å². The molecule has 1 saturated heterocycles. The predicted octanol–water partition coefficient (Wildman–Crippen LogP) is 0.594. The lowest BCUT2D eigenvalue weighted by Gasteiger charge is -2.24. The third kappa shape index (κ3) is 3.67. The molecule has 0 saturated carbocycles. The molecule has 0 aliphatic carbocycles. The number of aromatic nitrogens is 3. The van der Waals surface area contributed by atoms with Gasteiger partial charge in [-0.15, -0.1) is 0 Å². The van der Waals surface area contributed by atoms with Crippen LogP contribution in [0.3, 0.4) is 0 Å². The zero-order valence-corrected chi connectivity index (χ0v) is 12.1. The molecule has 112 valence electrons. The van der Waals surface area contributed by atoms with Crippen molar-refractivity contribution in [1.29, 1.82) is 0 Å². The highest BCUT2D eigenvalue weighted by Gasteiger charge is 2.16. The highest BCUT2D eigenvalue weighted by molar-refractivity contribution is 5.43. The van der Waals surface area contributed by atoms with E-state index in [1.807, 2.05) is 0 Å². The number of nitrogens with one attached hydrogen (secondary N) is 2. The van der Waals surface area contributed by atoms with Gasteiger partial charge in [0.15, 0.2) is 0 Å². The van der Waals surface area contributed by atoms with Gasteiger partial charge in [-0.05, 0) is 26.7 Å². The van der Waals surface area contributed by atoms with E-state index in [4.69, 9.17) is 10.6 Å². The van der Waals surface area contributed by atoms with Crippen LogP contribution >= 0.6 is 0 Å². The average Bonchev–Trinajstić information content (AvgIpc) is 2.49. The van der Waals surface area contributed by atoms with Crippen LogP contribution in [0.1, 0.15) is 26.7 Å². The summed E-state index contributed by atoms with van der Waals surface area (Å²) in [7, 11) is 0. The number of hydrogen-bond donors (Lipinski definition) is 3. The van der Waals surface area contributed by atoms with Crippen molar-refractivity contribution in [2.24, 2.45) is 5.84 Å². The molecule has 1 aromatic heterocycles. The third-order valence-electron chi connectivity index (χ3n) is 3.35. The SMILES string of the molecule is CCN(CC)c1nc(NN)nc(NC2CCOCC2)n1. The van der Waals surface area contributed by atoms with Crippen LogP contribution in [0.5, 0.6) is 0 Å². The van der Waals surface area contributed by atoms with E-state index in [9.17, 15) is 0 Å². The quantitative estimate of drug-likeness (QED) is 0.514. The van der Waals surface area contributed by atoms with Crippen molar-refractivity contribution < 1.29 is 4.74 Å². The number of nitrogens with two attached hydrogens (primary N) is 1. The van der Waals surface area contributed by atoms with Crippen LogP contribution in [-0.4, -0.2) is 47.3 Å². The number of nitrogens with zero attached hydrogens (tertiary/aromatic N) is 4. The minimum absolute atomic E-state index is 0.335. The first-order valence-corrected chi connectivity index (χ1v) is 7.08. The highest BCUT2D eigenvalue weighted by Crippen LogP contribution is 2.16. The summed E-state index contributed by atoms with van der Waals surface area (Å²) < 4.78 is 5.35. The van der Waals surface area contributed by atoms with Crippen molar-refractivity contribution in [2.75, 3.05) is 41.9 Å². The summed E-state index contributed by atoms with van der Waals surface area (Å²) in [6, 6.07) is 0.335. The number of hydrazine groups is 1. The summed E-state index contributed by atoms with van der Waals surface area (Å²) in [6.45, 7) is 7.34. The van der Waals surface area contributed by atoms with E-state index in [2.05, 4.69) is 44.4 Å². The Balaban J connectivity index is 2.16. The van der Waals surface area contributed by atoms with Gasteiger partial charge in [-0.3, -0.25) is 5.43 Å².